The number of aliphatic hydroxyl groups is 1. The molecule has 0 spiro atoms. The molecule has 17 heteroatoms. The Morgan fingerprint density at radius 3 is 2.17 bits per heavy atom. The molecule has 4 atom stereocenters. The van der Waals surface area contributed by atoms with Gasteiger partial charge < -0.3 is 24.3 Å². The van der Waals surface area contributed by atoms with E-state index < -0.39 is 80.4 Å². The van der Waals surface area contributed by atoms with Crippen molar-refractivity contribution in [3.63, 3.8) is 0 Å². The molecule has 3 heterocycles. The summed E-state index contributed by atoms with van der Waals surface area (Å²) in [4.78, 5) is 47.0. The van der Waals surface area contributed by atoms with Gasteiger partial charge in [0, 0.05) is 0 Å². The maximum absolute atomic E-state index is 15.4. The predicted molar refractivity (Wildman–Crippen MR) is 139 cm³/mol. The lowest BCUT2D eigenvalue weighted by atomic mass is 9.98. The summed E-state index contributed by atoms with van der Waals surface area (Å²) >= 11 is 0. The fourth-order valence-corrected chi connectivity index (χ4v) is 4.50. The Kier molecular flexibility index (Phi) is 9.47. The number of aromatic amines is 1. The molecule has 0 radical (unpaired) electrons. The van der Waals surface area contributed by atoms with Crippen molar-refractivity contribution in [3.05, 3.63) is 22.5 Å². The fourth-order valence-electron chi connectivity index (χ4n) is 3.50. The highest BCUT2D eigenvalue weighted by molar-refractivity contribution is 7.48. The molecule has 0 unspecified atom stereocenters. The van der Waals surface area contributed by atoms with Gasteiger partial charge in [0.15, 0.2) is 23.6 Å². The van der Waals surface area contributed by atoms with Crippen LogP contribution in [0.1, 0.15) is 60.5 Å². The third kappa shape index (κ3) is 7.56. The Bertz CT molecular complexity index is 1350. The van der Waals surface area contributed by atoms with Crippen LogP contribution in [0.3, 0.4) is 0 Å². The SMILES string of the molecule is Cc1nc2c(ncn2[C@@H]2O[C@](C)(COP(=O)(OCOC(=O)C(C)(C)C)OCOC(=O)C(C)(C)C)[C@@H](O)[C@H]2F)c(=O)[nH]1. The van der Waals surface area contributed by atoms with Crippen LogP contribution >= 0.6 is 7.82 Å². The Hall–Kier alpha value is -2.75. The molecule has 0 aliphatic carbocycles. The highest BCUT2D eigenvalue weighted by atomic mass is 31.2. The molecule has 0 saturated carbocycles. The summed E-state index contributed by atoms with van der Waals surface area (Å²) in [5, 5.41) is 10.7. The Balaban J connectivity index is 1.77. The van der Waals surface area contributed by atoms with Crippen molar-refractivity contribution in [3.8, 4) is 0 Å². The van der Waals surface area contributed by atoms with Gasteiger partial charge in [0.05, 0.1) is 23.8 Å². The minimum absolute atomic E-state index is 0.0231. The summed E-state index contributed by atoms with van der Waals surface area (Å²) in [5.41, 5.74) is -4.20. The first-order valence-corrected chi connectivity index (χ1v) is 14.0. The lowest BCUT2D eigenvalue weighted by Crippen LogP contribution is -2.43. The number of nitrogens with one attached hydrogen (secondary N) is 1. The molecule has 2 aromatic heterocycles. The molecule has 3 rings (SSSR count). The molecule has 1 aliphatic heterocycles. The highest BCUT2D eigenvalue weighted by Crippen LogP contribution is 2.52. The number of hydrogen-bond acceptors (Lipinski definition) is 13. The Labute approximate surface area is 235 Å². The van der Waals surface area contributed by atoms with Crippen LogP contribution in [0.5, 0.6) is 0 Å². The van der Waals surface area contributed by atoms with Crippen molar-refractivity contribution in [2.75, 3.05) is 20.2 Å². The Morgan fingerprint density at radius 1 is 1.12 bits per heavy atom. The first-order valence-electron chi connectivity index (χ1n) is 12.6. The van der Waals surface area contributed by atoms with Crippen LogP contribution in [-0.4, -0.2) is 74.6 Å². The van der Waals surface area contributed by atoms with Gasteiger partial charge in [0.1, 0.15) is 17.5 Å². The van der Waals surface area contributed by atoms with Crippen LogP contribution in [0.25, 0.3) is 11.2 Å². The van der Waals surface area contributed by atoms with E-state index in [-0.39, 0.29) is 17.0 Å². The van der Waals surface area contributed by atoms with Crippen molar-refractivity contribution in [2.45, 2.75) is 79.5 Å². The topological polar surface area (TPSA) is 190 Å². The number of aliphatic hydroxyl groups excluding tert-OH is 1. The van der Waals surface area contributed by atoms with Crippen LogP contribution in [0.4, 0.5) is 4.39 Å². The van der Waals surface area contributed by atoms with E-state index in [2.05, 4.69) is 15.0 Å². The predicted octanol–water partition coefficient (Wildman–Crippen LogP) is 2.67. The number of carbonyl (C=O) groups excluding carboxylic acids is 2. The summed E-state index contributed by atoms with van der Waals surface area (Å²) in [6.45, 7) is 9.92. The van der Waals surface area contributed by atoms with Crippen molar-refractivity contribution < 1.29 is 51.4 Å². The Morgan fingerprint density at radius 2 is 1.66 bits per heavy atom. The number of halogens is 1. The van der Waals surface area contributed by atoms with Gasteiger partial charge >= 0.3 is 19.8 Å². The minimum atomic E-state index is -4.65. The molecular weight excluding hydrogens is 570 g/mol. The third-order valence-electron chi connectivity index (χ3n) is 5.95. The van der Waals surface area contributed by atoms with E-state index in [1.54, 1.807) is 41.5 Å². The van der Waals surface area contributed by atoms with E-state index in [1.165, 1.54) is 13.8 Å². The van der Waals surface area contributed by atoms with Gasteiger partial charge in [-0.3, -0.25) is 23.5 Å². The molecule has 2 aromatic rings. The smallest absolute Gasteiger partial charge is 0.437 e. The second-order valence-corrected chi connectivity index (χ2v) is 13.4. The number of carbonyl (C=O) groups is 2. The van der Waals surface area contributed by atoms with Crippen molar-refractivity contribution in [2.24, 2.45) is 10.8 Å². The molecule has 0 amide bonds. The molecule has 0 aromatic carbocycles. The number of hydrogen-bond donors (Lipinski definition) is 2. The summed E-state index contributed by atoms with van der Waals surface area (Å²) in [7, 11) is -4.65. The van der Waals surface area contributed by atoms with Gasteiger partial charge in [-0.15, -0.1) is 0 Å². The number of alkyl halides is 1. The molecule has 1 aliphatic rings. The zero-order valence-corrected chi connectivity index (χ0v) is 25.0. The number of fused-ring (bicyclic) bond motifs is 1. The summed E-state index contributed by atoms with van der Waals surface area (Å²) < 4.78 is 61.1. The molecule has 15 nitrogen and oxygen atoms in total. The van der Waals surface area contributed by atoms with E-state index in [0.29, 0.717) is 0 Å². The number of aryl methyl sites for hydroxylation is 1. The number of imidazole rings is 1. The van der Waals surface area contributed by atoms with E-state index in [4.69, 9.17) is 27.8 Å². The number of aromatic nitrogens is 4. The van der Waals surface area contributed by atoms with E-state index >= 15 is 4.39 Å². The van der Waals surface area contributed by atoms with Crippen molar-refractivity contribution in [1.82, 2.24) is 19.5 Å². The maximum atomic E-state index is 15.4. The largest absolute Gasteiger partial charge is 0.480 e. The van der Waals surface area contributed by atoms with Crippen molar-refractivity contribution in [1.29, 1.82) is 0 Å². The normalized spacial score (nSPS) is 23.6. The van der Waals surface area contributed by atoms with Gasteiger partial charge in [-0.25, -0.2) is 28.0 Å². The van der Waals surface area contributed by atoms with Crippen LogP contribution in [0.15, 0.2) is 11.1 Å². The number of H-pyrrole nitrogens is 1. The van der Waals surface area contributed by atoms with E-state index in [1.807, 2.05) is 0 Å². The average molecular weight is 607 g/mol. The van der Waals surface area contributed by atoms with Gasteiger partial charge in [-0.2, -0.15) is 0 Å². The number of rotatable bonds is 10. The van der Waals surface area contributed by atoms with Crippen LogP contribution in [0.2, 0.25) is 0 Å². The standard InChI is InChI=1S/C24H36FN4O11P/c1-13-27-17-15(18(31)28-13)26-10-29(17)19-14(25)16(30)24(8,40-19)9-37-41(34,38-11-35-20(32)22(2,3)4)39-12-36-21(33)23(5,6)7/h10,14,16,19,30H,9,11-12H2,1-8H3,(H,27,28,31)/t14-,16+,19-,24-/m1/s1. The van der Waals surface area contributed by atoms with Gasteiger partial charge in [0.25, 0.3) is 5.56 Å². The number of ether oxygens (including phenoxy) is 3. The molecule has 230 valence electrons. The second-order valence-electron chi connectivity index (χ2n) is 11.8. The summed E-state index contributed by atoms with van der Waals surface area (Å²) in [5.74, 6) is -1.11. The number of phosphoric acid groups is 1. The van der Waals surface area contributed by atoms with Crippen molar-refractivity contribution >= 4 is 30.9 Å². The lowest BCUT2D eigenvalue weighted by Gasteiger charge is -2.29. The zero-order valence-electron chi connectivity index (χ0n) is 24.1. The quantitative estimate of drug-likeness (QED) is 0.228. The third-order valence-corrected chi connectivity index (χ3v) is 7.24. The highest BCUT2D eigenvalue weighted by Gasteiger charge is 2.55. The molecule has 1 fully saturated rings. The molecule has 1 saturated heterocycles. The summed E-state index contributed by atoms with van der Waals surface area (Å²) in [6.07, 6.45) is -4.21. The van der Waals surface area contributed by atoms with Gasteiger partial charge in [0.2, 0.25) is 13.6 Å². The lowest BCUT2D eigenvalue weighted by molar-refractivity contribution is -0.164. The molecule has 41 heavy (non-hydrogen) atoms. The number of phosphoric ester groups is 1. The molecule has 0 bridgehead atoms. The maximum Gasteiger partial charge on any atom is 0.480 e. The van der Waals surface area contributed by atoms with Gasteiger partial charge in [-0.05, 0) is 55.4 Å². The minimum Gasteiger partial charge on any atom is -0.437 e. The van der Waals surface area contributed by atoms with Gasteiger partial charge in [-0.1, -0.05) is 0 Å². The average Bonchev–Trinajstić information content (AvgIpc) is 3.36. The second kappa shape index (κ2) is 11.9. The van der Waals surface area contributed by atoms with Crippen LogP contribution < -0.4 is 5.56 Å². The van der Waals surface area contributed by atoms with E-state index in [0.717, 1.165) is 10.9 Å². The number of esters is 2. The first-order chi connectivity index (χ1) is 18.8. The zero-order chi connectivity index (χ0) is 31.0. The van der Waals surface area contributed by atoms with Crippen LogP contribution in [-0.2, 0) is 41.9 Å². The molecule has 2 N–H and O–H groups in total. The van der Waals surface area contributed by atoms with Crippen LogP contribution in [0, 0.1) is 17.8 Å². The first kappa shape index (κ1) is 32.8. The number of nitrogens with zero attached hydrogens (tertiary/aromatic N) is 3. The molecular formula is C24H36FN4O11P. The monoisotopic (exact) mass is 606 g/mol. The summed E-state index contributed by atoms with van der Waals surface area (Å²) in [6, 6.07) is 0. The fraction of sp³-hybridized carbons (Fsp3) is 0.708. The van der Waals surface area contributed by atoms with E-state index in [9.17, 15) is 24.1 Å².